The molecule has 1 rings (SSSR count). The van der Waals surface area contributed by atoms with Crippen molar-refractivity contribution in [2.45, 2.75) is 13.0 Å². The Morgan fingerprint density at radius 3 is 2.57 bits per heavy atom. The van der Waals surface area contributed by atoms with E-state index in [-0.39, 0.29) is 0 Å². The zero-order chi connectivity index (χ0) is 10.2. The molecular weight excluding hydrogens is 174 g/mol. The fraction of sp³-hybridized carbons (Fsp3) is 0.250. The molecule has 0 aliphatic rings. The van der Waals surface area contributed by atoms with Crippen molar-refractivity contribution in [1.82, 2.24) is 4.90 Å². The van der Waals surface area contributed by atoms with Gasteiger partial charge < -0.3 is 4.90 Å². The van der Waals surface area contributed by atoms with E-state index >= 15 is 0 Å². The van der Waals surface area contributed by atoms with Gasteiger partial charge in [-0.05, 0) is 12.0 Å². The maximum absolute atomic E-state index is 10.7. The van der Waals surface area contributed by atoms with Crippen LogP contribution in [0.3, 0.4) is 0 Å². The van der Waals surface area contributed by atoms with Gasteiger partial charge >= 0.3 is 0 Å². The summed E-state index contributed by atoms with van der Waals surface area (Å²) in [5.41, 5.74) is 1.16. The molecule has 0 fully saturated rings. The lowest BCUT2D eigenvalue weighted by molar-refractivity contribution is -0.118. The Kier molecular flexibility index (Phi) is 4.48. The summed E-state index contributed by atoms with van der Waals surface area (Å²) < 4.78 is 0. The summed E-state index contributed by atoms with van der Waals surface area (Å²) in [6, 6.07) is 9.96. The molecule has 0 heterocycles. The Labute approximate surface area is 84.9 Å². The second kappa shape index (κ2) is 5.97. The summed E-state index contributed by atoms with van der Waals surface area (Å²) in [7, 11) is 0. The first-order valence-electron chi connectivity index (χ1n) is 4.71. The molecule has 0 radical (unpaired) electrons. The summed E-state index contributed by atoms with van der Waals surface area (Å²) in [6.07, 6.45) is 3.55. The molecule has 74 valence electrons. The van der Waals surface area contributed by atoms with Crippen LogP contribution in [0.1, 0.15) is 12.0 Å². The number of amides is 1. The van der Waals surface area contributed by atoms with Crippen molar-refractivity contribution in [3.63, 3.8) is 0 Å². The second-order valence-electron chi connectivity index (χ2n) is 3.14. The minimum Gasteiger partial charge on any atom is -0.341 e. The van der Waals surface area contributed by atoms with Crippen LogP contribution < -0.4 is 0 Å². The highest BCUT2D eigenvalue weighted by Crippen LogP contribution is 2.03. The molecule has 0 bridgehead atoms. The van der Waals surface area contributed by atoms with Crippen molar-refractivity contribution in [3.8, 4) is 0 Å². The molecule has 0 aliphatic heterocycles. The molecule has 0 saturated heterocycles. The van der Waals surface area contributed by atoms with E-state index in [0.29, 0.717) is 6.54 Å². The average Bonchev–Trinajstić information content (AvgIpc) is 2.25. The molecule has 0 N–H and O–H groups in total. The zero-order valence-corrected chi connectivity index (χ0v) is 8.23. The van der Waals surface area contributed by atoms with Crippen LogP contribution in [0.25, 0.3) is 0 Å². The molecule has 2 heteroatoms. The van der Waals surface area contributed by atoms with Crippen LogP contribution in [0.4, 0.5) is 0 Å². The van der Waals surface area contributed by atoms with Gasteiger partial charge in [-0.3, -0.25) is 4.79 Å². The third-order valence-electron chi connectivity index (χ3n) is 2.00. The highest BCUT2D eigenvalue weighted by atomic mass is 16.1. The number of hydrogen-bond donors (Lipinski definition) is 0. The van der Waals surface area contributed by atoms with Gasteiger partial charge in [-0.2, -0.15) is 0 Å². The van der Waals surface area contributed by atoms with E-state index in [1.54, 1.807) is 4.90 Å². The maximum atomic E-state index is 10.7. The largest absolute Gasteiger partial charge is 0.341 e. The number of nitrogens with zero attached hydrogens (tertiary/aromatic N) is 1. The topological polar surface area (TPSA) is 20.3 Å². The highest BCUT2D eigenvalue weighted by molar-refractivity contribution is 5.47. The molecule has 2 nitrogen and oxygen atoms in total. The Balaban J connectivity index is 2.48. The summed E-state index contributed by atoms with van der Waals surface area (Å²) >= 11 is 0. The molecule has 0 atom stereocenters. The SMILES string of the molecule is C=CCCN(C=O)Cc1ccccc1. The van der Waals surface area contributed by atoms with Gasteiger partial charge in [-0.1, -0.05) is 36.4 Å². The van der Waals surface area contributed by atoms with Gasteiger partial charge in [0.15, 0.2) is 0 Å². The van der Waals surface area contributed by atoms with E-state index in [1.165, 1.54) is 0 Å². The molecule has 0 spiro atoms. The van der Waals surface area contributed by atoms with Crippen molar-refractivity contribution >= 4 is 6.41 Å². The first kappa shape index (κ1) is 10.5. The van der Waals surface area contributed by atoms with Crippen LogP contribution in [-0.2, 0) is 11.3 Å². The van der Waals surface area contributed by atoms with Gasteiger partial charge in [0.25, 0.3) is 0 Å². The number of benzene rings is 1. The molecular formula is C12H15NO. The Hall–Kier alpha value is -1.57. The average molecular weight is 189 g/mol. The number of hydrogen-bond acceptors (Lipinski definition) is 1. The Bertz CT molecular complexity index is 282. The number of carbonyl (C=O) groups excluding carboxylic acids is 1. The van der Waals surface area contributed by atoms with E-state index < -0.39 is 0 Å². The minimum absolute atomic E-state index is 0.679. The normalized spacial score (nSPS) is 9.43. The summed E-state index contributed by atoms with van der Waals surface area (Å²) in [5.74, 6) is 0. The van der Waals surface area contributed by atoms with Crippen molar-refractivity contribution in [2.24, 2.45) is 0 Å². The predicted octanol–water partition coefficient (Wildman–Crippen LogP) is 2.22. The monoisotopic (exact) mass is 189 g/mol. The van der Waals surface area contributed by atoms with E-state index in [4.69, 9.17) is 0 Å². The molecule has 14 heavy (non-hydrogen) atoms. The summed E-state index contributed by atoms with van der Waals surface area (Å²) in [4.78, 5) is 12.5. The van der Waals surface area contributed by atoms with Gasteiger partial charge in [0, 0.05) is 13.1 Å². The lowest BCUT2D eigenvalue weighted by atomic mass is 10.2. The third-order valence-corrected chi connectivity index (χ3v) is 2.00. The maximum Gasteiger partial charge on any atom is 0.210 e. The third kappa shape index (κ3) is 3.44. The molecule has 0 saturated carbocycles. The van der Waals surface area contributed by atoms with Gasteiger partial charge in [0.05, 0.1) is 0 Å². The fourth-order valence-corrected chi connectivity index (χ4v) is 1.24. The lowest BCUT2D eigenvalue weighted by Gasteiger charge is -2.15. The molecule has 0 aliphatic carbocycles. The molecule has 0 unspecified atom stereocenters. The Morgan fingerprint density at radius 2 is 2.00 bits per heavy atom. The second-order valence-corrected chi connectivity index (χ2v) is 3.14. The van der Waals surface area contributed by atoms with E-state index in [2.05, 4.69) is 6.58 Å². The molecule has 1 aromatic carbocycles. The quantitative estimate of drug-likeness (QED) is 0.496. The van der Waals surface area contributed by atoms with Crippen molar-refractivity contribution in [1.29, 1.82) is 0 Å². The highest BCUT2D eigenvalue weighted by Gasteiger charge is 2.00. The first-order chi connectivity index (χ1) is 6.86. The molecule has 1 aromatic rings. The molecule has 0 aromatic heterocycles. The molecule has 1 amide bonds. The van der Waals surface area contributed by atoms with Crippen LogP contribution in [0.2, 0.25) is 0 Å². The zero-order valence-electron chi connectivity index (χ0n) is 8.23. The first-order valence-corrected chi connectivity index (χ1v) is 4.71. The van der Waals surface area contributed by atoms with Crippen molar-refractivity contribution in [2.75, 3.05) is 6.54 Å². The standard InChI is InChI=1S/C12H15NO/c1-2-3-9-13(11-14)10-12-7-5-4-6-8-12/h2,4-8,11H,1,3,9-10H2. The minimum atomic E-state index is 0.679. The smallest absolute Gasteiger partial charge is 0.210 e. The van der Waals surface area contributed by atoms with Crippen LogP contribution in [0.5, 0.6) is 0 Å². The van der Waals surface area contributed by atoms with Crippen LogP contribution >= 0.6 is 0 Å². The predicted molar refractivity (Wildman–Crippen MR) is 57.7 cm³/mol. The van der Waals surface area contributed by atoms with E-state index in [9.17, 15) is 4.79 Å². The number of carbonyl (C=O) groups is 1. The van der Waals surface area contributed by atoms with E-state index in [1.807, 2.05) is 36.4 Å². The van der Waals surface area contributed by atoms with Crippen molar-refractivity contribution < 1.29 is 4.79 Å². The van der Waals surface area contributed by atoms with Gasteiger partial charge in [-0.25, -0.2) is 0 Å². The lowest BCUT2D eigenvalue weighted by Crippen LogP contribution is -2.22. The Morgan fingerprint density at radius 1 is 1.29 bits per heavy atom. The van der Waals surface area contributed by atoms with Gasteiger partial charge in [0.2, 0.25) is 6.41 Å². The number of rotatable bonds is 6. The van der Waals surface area contributed by atoms with Crippen LogP contribution in [0.15, 0.2) is 43.0 Å². The van der Waals surface area contributed by atoms with Crippen LogP contribution in [-0.4, -0.2) is 17.9 Å². The van der Waals surface area contributed by atoms with E-state index in [0.717, 1.165) is 24.9 Å². The van der Waals surface area contributed by atoms with Gasteiger partial charge in [0.1, 0.15) is 0 Å². The summed E-state index contributed by atoms with van der Waals surface area (Å²) in [6.45, 7) is 5.05. The summed E-state index contributed by atoms with van der Waals surface area (Å²) in [5, 5.41) is 0. The van der Waals surface area contributed by atoms with Crippen molar-refractivity contribution in [3.05, 3.63) is 48.6 Å². The van der Waals surface area contributed by atoms with Crippen LogP contribution in [0, 0.1) is 0 Å². The fourth-order valence-electron chi connectivity index (χ4n) is 1.24. The van der Waals surface area contributed by atoms with Gasteiger partial charge in [-0.15, -0.1) is 6.58 Å².